The fourth-order valence-electron chi connectivity index (χ4n) is 2.25. The van der Waals surface area contributed by atoms with Crippen molar-refractivity contribution in [3.8, 4) is 0 Å². The summed E-state index contributed by atoms with van der Waals surface area (Å²) in [5.41, 5.74) is 9.42. The molecular formula is C13H16N4O. The molecule has 5 heteroatoms. The van der Waals surface area contributed by atoms with Gasteiger partial charge in [-0.25, -0.2) is 0 Å². The summed E-state index contributed by atoms with van der Waals surface area (Å²) in [6.07, 6.45) is 5.81. The molecule has 1 N–H and O–H groups in total. The molecule has 94 valence electrons. The molecule has 5 nitrogen and oxygen atoms in total. The molecule has 0 bridgehead atoms. The van der Waals surface area contributed by atoms with Gasteiger partial charge in [0.1, 0.15) is 0 Å². The Kier molecular flexibility index (Phi) is 4.20. The van der Waals surface area contributed by atoms with Gasteiger partial charge in [0.2, 0.25) is 0 Å². The molecule has 0 unspecified atom stereocenters. The fraction of sp³-hybridized carbons (Fsp3) is 0.462. The van der Waals surface area contributed by atoms with Gasteiger partial charge in [0, 0.05) is 22.2 Å². The summed E-state index contributed by atoms with van der Waals surface area (Å²) in [6, 6.07) is 6.97. The summed E-state index contributed by atoms with van der Waals surface area (Å²) in [5.74, 6) is -0.0469. The van der Waals surface area contributed by atoms with Crippen molar-refractivity contribution in [2.24, 2.45) is 5.11 Å². The first-order chi connectivity index (χ1) is 8.79. The largest absolute Gasteiger partial charge is 0.349 e. The van der Waals surface area contributed by atoms with Crippen molar-refractivity contribution in [2.45, 2.75) is 38.1 Å². The summed E-state index contributed by atoms with van der Waals surface area (Å²) in [5, 5.41) is 6.52. The lowest BCUT2D eigenvalue weighted by Gasteiger charge is -2.22. The first kappa shape index (κ1) is 12.5. The number of hydrogen-bond acceptors (Lipinski definition) is 2. The highest BCUT2D eigenvalue weighted by Gasteiger charge is 2.16. The maximum Gasteiger partial charge on any atom is 0.251 e. The van der Waals surface area contributed by atoms with Crippen LogP contribution in [0.3, 0.4) is 0 Å². The highest BCUT2D eigenvalue weighted by molar-refractivity contribution is 5.94. The second-order valence-corrected chi connectivity index (χ2v) is 4.54. The normalized spacial score (nSPS) is 15.8. The van der Waals surface area contributed by atoms with Crippen LogP contribution in [-0.4, -0.2) is 11.9 Å². The molecule has 0 heterocycles. The average Bonchev–Trinajstić information content (AvgIpc) is 2.41. The van der Waals surface area contributed by atoms with Gasteiger partial charge in [0.05, 0.1) is 0 Å². The lowest BCUT2D eigenvalue weighted by atomic mass is 9.95. The molecule has 1 aromatic carbocycles. The Hall–Kier alpha value is -2.00. The summed E-state index contributed by atoms with van der Waals surface area (Å²) in [7, 11) is 0. The van der Waals surface area contributed by atoms with E-state index in [-0.39, 0.29) is 5.91 Å². The van der Waals surface area contributed by atoms with E-state index in [9.17, 15) is 4.79 Å². The fourth-order valence-corrected chi connectivity index (χ4v) is 2.25. The third-order valence-corrected chi connectivity index (χ3v) is 3.23. The van der Waals surface area contributed by atoms with Crippen molar-refractivity contribution in [1.29, 1.82) is 0 Å². The Morgan fingerprint density at radius 1 is 1.22 bits per heavy atom. The molecule has 1 fully saturated rings. The molecule has 0 atom stereocenters. The lowest BCUT2D eigenvalue weighted by Crippen LogP contribution is -2.36. The minimum Gasteiger partial charge on any atom is -0.349 e. The Morgan fingerprint density at radius 2 is 1.89 bits per heavy atom. The van der Waals surface area contributed by atoms with E-state index in [4.69, 9.17) is 5.53 Å². The molecule has 1 aliphatic carbocycles. The van der Waals surface area contributed by atoms with Gasteiger partial charge in [-0.2, -0.15) is 0 Å². The number of rotatable bonds is 3. The molecule has 18 heavy (non-hydrogen) atoms. The number of amides is 1. The molecule has 1 amide bonds. The van der Waals surface area contributed by atoms with Crippen LogP contribution in [0.5, 0.6) is 0 Å². The van der Waals surface area contributed by atoms with E-state index < -0.39 is 0 Å². The number of nitrogens with one attached hydrogen (secondary N) is 1. The molecular weight excluding hydrogens is 228 g/mol. The first-order valence-corrected chi connectivity index (χ1v) is 6.25. The number of carbonyl (C=O) groups is 1. The van der Waals surface area contributed by atoms with Gasteiger partial charge in [0.25, 0.3) is 5.91 Å². The van der Waals surface area contributed by atoms with Crippen LogP contribution >= 0.6 is 0 Å². The van der Waals surface area contributed by atoms with Gasteiger partial charge >= 0.3 is 0 Å². The second kappa shape index (κ2) is 6.07. The van der Waals surface area contributed by atoms with E-state index in [0.717, 1.165) is 12.8 Å². The Labute approximate surface area is 106 Å². The van der Waals surface area contributed by atoms with E-state index in [1.54, 1.807) is 24.3 Å². The van der Waals surface area contributed by atoms with Gasteiger partial charge in [-0.05, 0) is 30.5 Å². The number of carbonyl (C=O) groups excluding carboxylic acids is 1. The minimum atomic E-state index is -0.0469. The lowest BCUT2D eigenvalue weighted by molar-refractivity contribution is 0.0928. The third-order valence-electron chi connectivity index (χ3n) is 3.23. The first-order valence-electron chi connectivity index (χ1n) is 6.25. The van der Waals surface area contributed by atoms with E-state index in [1.165, 1.54) is 19.3 Å². The standard InChI is InChI=1S/C13H16N4O/c14-17-16-12-8-6-10(7-9-12)13(18)15-11-4-2-1-3-5-11/h6-9,11H,1-5H2,(H,15,18). The van der Waals surface area contributed by atoms with Gasteiger partial charge in [-0.1, -0.05) is 36.5 Å². The van der Waals surface area contributed by atoms with Crippen LogP contribution in [0, 0.1) is 0 Å². The van der Waals surface area contributed by atoms with Crippen molar-refractivity contribution in [3.05, 3.63) is 40.3 Å². The topological polar surface area (TPSA) is 77.9 Å². The minimum absolute atomic E-state index is 0.0469. The van der Waals surface area contributed by atoms with Crippen LogP contribution in [0.4, 0.5) is 5.69 Å². The Bertz CT molecular complexity index is 456. The van der Waals surface area contributed by atoms with E-state index in [2.05, 4.69) is 15.3 Å². The third kappa shape index (κ3) is 3.25. The van der Waals surface area contributed by atoms with Crippen LogP contribution < -0.4 is 5.32 Å². The average molecular weight is 244 g/mol. The summed E-state index contributed by atoms with van der Waals surface area (Å²) in [4.78, 5) is 14.7. The van der Waals surface area contributed by atoms with Crippen molar-refractivity contribution in [1.82, 2.24) is 5.32 Å². The number of hydrogen-bond donors (Lipinski definition) is 1. The highest BCUT2D eigenvalue weighted by Crippen LogP contribution is 2.18. The molecule has 0 saturated heterocycles. The van der Waals surface area contributed by atoms with Crippen LogP contribution in [0.2, 0.25) is 0 Å². The summed E-state index contributed by atoms with van der Waals surface area (Å²) < 4.78 is 0. The molecule has 0 radical (unpaired) electrons. The summed E-state index contributed by atoms with van der Waals surface area (Å²) >= 11 is 0. The SMILES string of the molecule is [N-]=[N+]=Nc1ccc(C(=O)NC2CCCCC2)cc1. The van der Waals surface area contributed by atoms with Gasteiger partial charge in [0.15, 0.2) is 0 Å². The van der Waals surface area contributed by atoms with Gasteiger partial charge < -0.3 is 5.32 Å². The smallest absolute Gasteiger partial charge is 0.251 e. The maximum atomic E-state index is 12.0. The molecule has 0 aromatic heterocycles. The Morgan fingerprint density at radius 3 is 2.50 bits per heavy atom. The van der Waals surface area contributed by atoms with Gasteiger partial charge in [-0.15, -0.1) is 0 Å². The van der Waals surface area contributed by atoms with Crippen molar-refractivity contribution in [2.75, 3.05) is 0 Å². The zero-order chi connectivity index (χ0) is 12.8. The van der Waals surface area contributed by atoms with E-state index >= 15 is 0 Å². The van der Waals surface area contributed by atoms with Gasteiger partial charge in [-0.3, -0.25) is 4.79 Å². The highest BCUT2D eigenvalue weighted by atomic mass is 16.1. The molecule has 2 rings (SSSR count). The zero-order valence-electron chi connectivity index (χ0n) is 10.2. The van der Waals surface area contributed by atoms with E-state index in [0.29, 0.717) is 17.3 Å². The number of benzene rings is 1. The molecule has 1 aliphatic rings. The van der Waals surface area contributed by atoms with E-state index in [1.807, 2.05) is 0 Å². The van der Waals surface area contributed by atoms with Crippen molar-refractivity contribution >= 4 is 11.6 Å². The molecule has 0 aliphatic heterocycles. The maximum absolute atomic E-state index is 12.0. The summed E-state index contributed by atoms with van der Waals surface area (Å²) in [6.45, 7) is 0. The quantitative estimate of drug-likeness (QED) is 0.491. The van der Waals surface area contributed by atoms with Crippen molar-refractivity contribution in [3.63, 3.8) is 0 Å². The van der Waals surface area contributed by atoms with Crippen molar-refractivity contribution < 1.29 is 4.79 Å². The molecule has 0 spiro atoms. The monoisotopic (exact) mass is 244 g/mol. The number of azide groups is 1. The Balaban J connectivity index is 1.97. The predicted molar refractivity (Wildman–Crippen MR) is 69.6 cm³/mol. The molecule has 1 saturated carbocycles. The van der Waals surface area contributed by atoms with Crippen LogP contribution in [0.15, 0.2) is 29.4 Å². The van der Waals surface area contributed by atoms with Crippen LogP contribution in [0.25, 0.3) is 10.4 Å². The number of nitrogens with zero attached hydrogens (tertiary/aromatic N) is 3. The predicted octanol–water partition coefficient (Wildman–Crippen LogP) is 3.69. The zero-order valence-corrected chi connectivity index (χ0v) is 10.2. The van der Waals surface area contributed by atoms with Crippen LogP contribution in [-0.2, 0) is 0 Å². The second-order valence-electron chi connectivity index (χ2n) is 4.54. The van der Waals surface area contributed by atoms with Crippen LogP contribution in [0.1, 0.15) is 42.5 Å². The molecule has 1 aromatic rings.